The van der Waals surface area contributed by atoms with Crippen molar-refractivity contribution >= 4 is 39.5 Å². The fraction of sp³-hybridized carbons (Fsp3) is 0. The number of halogens is 1. The van der Waals surface area contributed by atoms with Gasteiger partial charge in [-0.2, -0.15) is 0 Å². The van der Waals surface area contributed by atoms with Crippen LogP contribution in [0.4, 0.5) is 5.82 Å². The highest BCUT2D eigenvalue weighted by Gasteiger charge is 2.12. The van der Waals surface area contributed by atoms with Crippen LogP contribution in [0.15, 0.2) is 35.7 Å². The molecule has 5 heteroatoms. The third-order valence-corrected chi connectivity index (χ3v) is 3.90. The van der Waals surface area contributed by atoms with Crippen LogP contribution in [0, 0.1) is 0 Å². The molecule has 3 nitrogen and oxygen atoms in total. The maximum atomic E-state index is 6.13. The van der Waals surface area contributed by atoms with Crippen LogP contribution in [0.2, 0.25) is 5.02 Å². The molecule has 3 aromatic rings. The predicted octanol–water partition coefficient (Wildman–Crippen LogP) is 3.59. The van der Waals surface area contributed by atoms with E-state index in [1.54, 1.807) is 11.3 Å². The summed E-state index contributed by atoms with van der Waals surface area (Å²) < 4.78 is 0. The van der Waals surface area contributed by atoms with Crippen LogP contribution in [-0.2, 0) is 0 Å². The number of anilines is 1. The first kappa shape index (κ1) is 10.5. The zero-order valence-corrected chi connectivity index (χ0v) is 10.3. The standard InChI is InChI=1S/C12H8ClN3S/c13-9-5-6-17-11(9)10-7-3-1-2-4-8(7)12(14)16-15-10/h1-6H,(H2,14,16). The molecule has 0 fully saturated rings. The van der Waals surface area contributed by atoms with Crippen molar-refractivity contribution in [3.05, 3.63) is 40.7 Å². The first-order chi connectivity index (χ1) is 8.27. The number of nitrogens with two attached hydrogens (primary N) is 1. The van der Waals surface area contributed by atoms with Crippen LogP contribution in [-0.4, -0.2) is 10.2 Å². The van der Waals surface area contributed by atoms with Crippen molar-refractivity contribution in [1.29, 1.82) is 0 Å². The lowest BCUT2D eigenvalue weighted by molar-refractivity contribution is 1.07. The molecule has 3 rings (SSSR count). The van der Waals surface area contributed by atoms with Crippen molar-refractivity contribution in [1.82, 2.24) is 10.2 Å². The largest absolute Gasteiger partial charge is 0.382 e. The quantitative estimate of drug-likeness (QED) is 0.728. The van der Waals surface area contributed by atoms with Crippen LogP contribution in [0.5, 0.6) is 0 Å². The molecule has 0 saturated heterocycles. The molecule has 2 heterocycles. The summed E-state index contributed by atoms with van der Waals surface area (Å²) in [6, 6.07) is 9.65. The molecule has 0 aliphatic rings. The van der Waals surface area contributed by atoms with Gasteiger partial charge in [-0.3, -0.25) is 0 Å². The molecule has 1 aromatic carbocycles. The Hall–Kier alpha value is -1.65. The molecule has 84 valence electrons. The van der Waals surface area contributed by atoms with Crippen LogP contribution < -0.4 is 5.73 Å². The SMILES string of the molecule is Nc1nnc(-c2sccc2Cl)c2ccccc12. The van der Waals surface area contributed by atoms with Gasteiger partial charge in [-0.15, -0.1) is 21.5 Å². The second-order valence-corrected chi connectivity index (χ2v) is 4.90. The van der Waals surface area contributed by atoms with Crippen molar-refractivity contribution in [3.8, 4) is 10.6 Å². The third-order valence-electron chi connectivity index (χ3n) is 2.55. The Morgan fingerprint density at radius 1 is 1.06 bits per heavy atom. The third kappa shape index (κ3) is 1.66. The number of hydrogen-bond donors (Lipinski definition) is 1. The van der Waals surface area contributed by atoms with Gasteiger partial charge >= 0.3 is 0 Å². The summed E-state index contributed by atoms with van der Waals surface area (Å²) in [4.78, 5) is 0.926. The summed E-state index contributed by atoms with van der Waals surface area (Å²) in [5.41, 5.74) is 6.60. The number of benzene rings is 1. The molecule has 0 spiro atoms. The fourth-order valence-corrected chi connectivity index (χ4v) is 2.90. The van der Waals surface area contributed by atoms with Gasteiger partial charge in [-0.05, 0) is 11.4 Å². The molecule has 0 radical (unpaired) electrons. The maximum Gasteiger partial charge on any atom is 0.154 e. The highest BCUT2D eigenvalue weighted by molar-refractivity contribution is 7.14. The molecule has 0 unspecified atom stereocenters. The minimum absolute atomic E-state index is 0.442. The van der Waals surface area contributed by atoms with E-state index in [4.69, 9.17) is 17.3 Å². The Morgan fingerprint density at radius 3 is 2.53 bits per heavy atom. The van der Waals surface area contributed by atoms with E-state index in [1.807, 2.05) is 35.7 Å². The first-order valence-electron chi connectivity index (χ1n) is 5.01. The number of aromatic nitrogens is 2. The van der Waals surface area contributed by atoms with Crippen LogP contribution in [0.1, 0.15) is 0 Å². The molecule has 0 bridgehead atoms. The predicted molar refractivity (Wildman–Crippen MR) is 72.3 cm³/mol. The Morgan fingerprint density at radius 2 is 1.82 bits per heavy atom. The summed E-state index contributed by atoms with van der Waals surface area (Å²) in [5.74, 6) is 0.442. The normalized spacial score (nSPS) is 10.9. The van der Waals surface area contributed by atoms with Gasteiger partial charge in [0.2, 0.25) is 0 Å². The van der Waals surface area contributed by atoms with Crippen molar-refractivity contribution in [2.75, 3.05) is 5.73 Å². The van der Waals surface area contributed by atoms with Gasteiger partial charge in [0, 0.05) is 10.8 Å². The first-order valence-corrected chi connectivity index (χ1v) is 6.27. The van der Waals surface area contributed by atoms with Gasteiger partial charge in [0.25, 0.3) is 0 Å². The molecular formula is C12H8ClN3S. The van der Waals surface area contributed by atoms with E-state index in [-0.39, 0.29) is 0 Å². The second kappa shape index (κ2) is 3.98. The highest BCUT2D eigenvalue weighted by atomic mass is 35.5. The lowest BCUT2D eigenvalue weighted by Gasteiger charge is -2.05. The maximum absolute atomic E-state index is 6.13. The average Bonchev–Trinajstić information content (AvgIpc) is 2.77. The lowest BCUT2D eigenvalue weighted by atomic mass is 10.1. The molecule has 17 heavy (non-hydrogen) atoms. The van der Waals surface area contributed by atoms with Crippen LogP contribution >= 0.6 is 22.9 Å². The molecule has 2 N–H and O–H groups in total. The molecule has 0 saturated carbocycles. The number of nitrogen functional groups attached to an aromatic ring is 1. The molecule has 0 amide bonds. The second-order valence-electron chi connectivity index (χ2n) is 3.58. The van der Waals surface area contributed by atoms with E-state index in [1.165, 1.54) is 0 Å². The number of hydrogen-bond acceptors (Lipinski definition) is 4. The minimum Gasteiger partial charge on any atom is -0.382 e. The van der Waals surface area contributed by atoms with Crippen molar-refractivity contribution < 1.29 is 0 Å². The smallest absolute Gasteiger partial charge is 0.154 e. The Bertz CT molecular complexity index is 693. The lowest BCUT2D eigenvalue weighted by Crippen LogP contribution is -1.96. The number of nitrogens with zero attached hydrogens (tertiary/aromatic N) is 2. The van der Waals surface area contributed by atoms with Gasteiger partial charge in [0.1, 0.15) is 5.69 Å². The minimum atomic E-state index is 0.442. The van der Waals surface area contributed by atoms with Gasteiger partial charge in [0.05, 0.1) is 9.90 Å². The van der Waals surface area contributed by atoms with Crippen molar-refractivity contribution in [3.63, 3.8) is 0 Å². The summed E-state index contributed by atoms with van der Waals surface area (Å²) in [6.45, 7) is 0. The zero-order chi connectivity index (χ0) is 11.8. The zero-order valence-electron chi connectivity index (χ0n) is 8.72. The molecule has 0 aliphatic carbocycles. The monoisotopic (exact) mass is 261 g/mol. The van der Waals surface area contributed by atoms with Crippen molar-refractivity contribution in [2.45, 2.75) is 0 Å². The number of rotatable bonds is 1. The van der Waals surface area contributed by atoms with E-state index in [2.05, 4.69) is 10.2 Å². The molecule has 0 aliphatic heterocycles. The van der Waals surface area contributed by atoms with Gasteiger partial charge < -0.3 is 5.73 Å². The molecular weight excluding hydrogens is 254 g/mol. The summed E-state index contributed by atoms with van der Waals surface area (Å²) in [5, 5.41) is 12.7. The van der Waals surface area contributed by atoms with Crippen LogP contribution in [0.3, 0.4) is 0 Å². The van der Waals surface area contributed by atoms with E-state index in [0.717, 1.165) is 21.3 Å². The molecule has 0 atom stereocenters. The Labute approximate surface area is 107 Å². The van der Waals surface area contributed by atoms with E-state index >= 15 is 0 Å². The topological polar surface area (TPSA) is 51.8 Å². The van der Waals surface area contributed by atoms with Crippen LogP contribution in [0.25, 0.3) is 21.3 Å². The summed E-state index contributed by atoms with van der Waals surface area (Å²) in [6.07, 6.45) is 0. The Kier molecular flexibility index (Phi) is 2.46. The molecule has 2 aromatic heterocycles. The van der Waals surface area contributed by atoms with Gasteiger partial charge in [0.15, 0.2) is 5.82 Å². The van der Waals surface area contributed by atoms with Gasteiger partial charge in [-0.25, -0.2) is 0 Å². The average molecular weight is 262 g/mol. The number of fused-ring (bicyclic) bond motifs is 1. The van der Waals surface area contributed by atoms with E-state index < -0.39 is 0 Å². The van der Waals surface area contributed by atoms with E-state index in [0.29, 0.717) is 10.8 Å². The summed E-state index contributed by atoms with van der Waals surface area (Å²) in [7, 11) is 0. The summed E-state index contributed by atoms with van der Waals surface area (Å²) >= 11 is 7.67. The van der Waals surface area contributed by atoms with Crippen molar-refractivity contribution in [2.24, 2.45) is 0 Å². The highest BCUT2D eigenvalue weighted by Crippen LogP contribution is 2.36. The Balaban J connectivity index is 2.39. The van der Waals surface area contributed by atoms with Gasteiger partial charge in [-0.1, -0.05) is 35.9 Å². The fourth-order valence-electron chi connectivity index (χ4n) is 1.76. The van der Waals surface area contributed by atoms with E-state index in [9.17, 15) is 0 Å². The number of thiophene rings is 1.